The van der Waals surface area contributed by atoms with Gasteiger partial charge in [-0.05, 0) is 18.1 Å². The quantitative estimate of drug-likeness (QED) is 0.575. The maximum Gasteiger partial charge on any atom is 0.0975 e. The Bertz CT molecular complexity index is 223. The highest BCUT2D eigenvalue weighted by Gasteiger charge is 2.08. The number of hydrogen-bond acceptors (Lipinski definition) is 3. The standard InChI is InChI=1S/C9H14N2S/c1-7(2)9(10)12-8-5-3-4-6-11-8/h3-7,9H,10H2,1-2H3. The van der Waals surface area contributed by atoms with Crippen LogP contribution < -0.4 is 5.73 Å². The maximum atomic E-state index is 5.87. The average molecular weight is 182 g/mol. The van der Waals surface area contributed by atoms with Crippen LogP contribution in [0.15, 0.2) is 29.4 Å². The lowest BCUT2D eigenvalue weighted by atomic mass is 10.2. The molecule has 0 radical (unpaired) electrons. The second-order valence-corrected chi connectivity index (χ2v) is 4.19. The molecule has 66 valence electrons. The smallest absolute Gasteiger partial charge is 0.0975 e. The summed E-state index contributed by atoms with van der Waals surface area (Å²) in [5.41, 5.74) is 5.87. The van der Waals surface area contributed by atoms with Gasteiger partial charge in [-0.2, -0.15) is 0 Å². The minimum absolute atomic E-state index is 0.139. The van der Waals surface area contributed by atoms with Crippen molar-refractivity contribution in [2.24, 2.45) is 11.7 Å². The first kappa shape index (κ1) is 9.55. The normalized spacial score (nSPS) is 13.3. The van der Waals surface area contributed by atoms with Crippen molar-refractivity contribution in [2.75, 3.05) is 0 Å². The fourth-order valence-electron chi connectivity index (χ4n) is 0.692. The van der Waals surface area contributed by atoms with Crippen molar-refractivity contribution in [2.45, 2.75) is 24.2 Å². The van der Waals surface area contributed by atoms with Gasteiger partial charge in [0.25, 0.3) is 0 Å². The Morgan fingerprint density at radius 1 is 1.42 bits per heavy atom. The summed E-state index contributed by atoms with van der Waals surface area (Å²) in [6.45, 7) is 4.22. The van der Waals surface area contributed by atoms with Gasteiger partial charge in [0.05, 0.1) is 10.4 Å². The van der Waals surface area contributed by atoms with Crippen molar-refractivity contribution in [3.05, 3.63) is 24.4 Å². The summed E-state index contributed by atoms with van der Waals surface area (Å²) in [6, 6.07) is 5.86. The van der Waals surface area contributed by atoms with Crippen molar-refractivity contribution >= 4 is 11.8 Å². The van der Waals surface area contributed by atoms with Crippen LogP contribution in [-0.4, -0.2) is 10.4 Å². The molecule has 0 aliphatic carbocycles. The Labute approximate surface area is 77.6 Å². The summed E-state index contributed by atoms with van der Waals surface area (Å²) in [6.07, 6.45) is 1.79. The van der Waals surface area contributed by atoms with Gasteiger partial charge in [0.1, 0.15) is 0 Å². The lowest BCUT2D eigenvalue weighted by Crippen LogP contribution is -2.21. The molecule has 1 aromatic heterocycles. The zero-order valence-corrected chi connectivity index (χ0v) is 8.21. The fraction of sp³-hybridized carbons (Fsp3) is 0.444. The number of hydrogen-bond donors (Lipinski definition) is 1. The van der Waals surface area contributed by atoms with Crippen LogP contribution in [-0.2, 0) is 0 Å². The lowest BCUT2D eigenvalue weighted by molar-refractivity contribution is 0.623. The molecule has 1 aromatic rings. The molecule has 1 unspecified atom stereocenters. The van der Waals surface area contributed by atoms with Gasteiger partial charge in [-0.3, -0.25) is 0 Å². The van der Waals surface area contributed by atoms with E-state index >= 15 is 0 Å². The summed E-state index contributed by atoms with van der Waals surface area (Å²) < 4.78 is 0. The van der Waals surface area contributed by atoms with Crippen LogP contribution in [0.25, 0.3) is 0 Å². The van der Waals surface area contributed by atoms with Gasteiger partial charge in [0.2, 0.25) is 0 Å². The molecule has 1 atom stereocenters. The summed E-state index contributed by atoms with van der Waals surface area (Å²) in [7, 11) is 0. The Morgan fingerprint density at radius 2 is 2.17 bits per heavy atom. The molecule has 0 spiro atoms. The van der Waals surface area contributed by atoms with Crippen molar-refractivity contribution in [1.29, 1.82) is 0 Å². The Kier molecular flexibility index (Phi) is 3.56. The van der Waals surface area contributed by atoms with E-state index in [2.05, 4.69) is 18.8 Å². The number of pyridine rings is 1. The van der Waals surface area contributed by atoms with Crippen LogP contribution in [0, 0.1) is 5.92 Å². The molecule has 3 heteroatoms. The number of nitrogens with two attached hydrogens (primary N) is 1. The third-order valence-electron chi connectivity index (χ3n) is 1.55. The molecule has 0 aromatic carbocycles. The molecule has 0 bridgehead atoms. The van der Waals surface area contributed by atoms with Gasteiger partial charge >= 0.3 is 0 Å². The van der Waals surface area contributed by atoms with Crippen LogP contribution in [0.3, 0.4) is 0 Å². The third-order valence-corrected chi connectivity index (χ3v) is 2.85. The van der Waals surface area contributed by atoms with Crippen molar-refractivity contribution in [3.8, 4) is 0 Å². The molecule has 0 aliphatic rings. The fourth-order valence-corrected chi connectivity index (χ4v) is 1.52. The maximum absolute atomic E-state index is 5.87. The Morgan fingerprint density at radius 3 is 2.67 bits per heavy atom. The van der Waals surface area contributed by atoms with Crippen LogP contribution in [0.1, 0.15) is 13.8 Å². The molecule has 1 heterocycles. The van der Waals surface area contributed by atoms with E-state index in [1.807, 2.05) is 18.2 Å². The summed E-state index contributed by atoms with van der Waals surface area (Å²) in [5, 5.41) is 1.14. The van der Waals surface area contributed by atoms with E-state index in [9.17, 15) is 0 Å². The second kappa shape index (κ2) is 4.48. The third kappa shape index (κ3) is 2.83. The second-order valence-electron chi connectivity index (χ2n) is 2.99. The molecular formula is C9H14N2S. The molecule has 2 nitrogen and oxygen atoms in total. The largest absolute Gasteiger partial charge is 0.319 e. The van der Waals surface area contributed by atoms with E-state index in [1.54, 1.807) is 18.0 Å². The highest BCUT2D eigenvalue weighted by Crippen LogP contribution is 2.21. The van der Waals surface area contributed by atoms with Gasteiger partial charge in [-0.1, -0.05) is 31.7 Å². The SMILES string of the molecule is CC(C)C(N)Sc1ccccn1. The summed E-state index contributed by atoms with van der Waals surface area (Å²) >= 11 is 1.62. The Balaban J connectivity index is 2.53. The average Bonchev–Trinajstić information content (AvgIpc) is 2.06. The van der Waals surface area contributed by atoms with E-state index in [0.717, 1.165) is 5.03 Å². The zero-order valence-electron chi connectivity index (χ0n) is 7.40. The van der Waals surface area contributed by atoms with E-state index < -0.39 is 0 Å². The first-order valence-corrected chi connectivity index (χ1v) is 4.91. The predicted octanol–water partition coefficient (Wildman–Crippen LogP) is 2.11. The van der Waals surface area contributed by atoms with E-state index in [-0.39, 0.29) is 5.37 Å². The van der Waals surface area contributed by atoms with Crippen molar-refractivity contribution < 1.29 is 0 Å². The van der Waals surface area contributed by atoms with Crippen LogP contribution in [0.2, 0.25) is 0 Å². The number of nitrogens with zero attached hydrogens (tertiary/aromatic N) is 1. The molecule has 2 N–H and O–H groups in total. The van der Waals surface area contributed by atoms with Crippen LogP contribution >= 0.6 is 11.8 Å². The van der Waals surface area contributed by atoms with Gasteiger partial charge in [-0.15, -0.1) is 0 Å². The minimum Gasteiger partial charge on any atom is -0.319 e. The number of rotatable bonds is 3. The van der Waals surface area contributed by atoms with Crippen LogP contribution in [0.5, 0.6) is 0 Å². The number of thioether (sulfide) groups is 1. The molecule has 0 aliphatic heterocycles. The summed E-state index contributed by atoms with van der Waals surface area (Å²) in [4.78, 5) is 4.18. The van der Waals surface area contributed by atoms with Crippen LogP contribution in [0.4, 0.5) is 0 Å². The zero-order chi connectivity index (χ0) is 8.97. The van der Waals surface area contributed by atoms with E-state index in [4.69, 9.17) is 5.73 Å². The first-order valence-electron chi connectivity index (χ1n) is 4.03. The highest BCUT2D eigenvalue weighted by molar-refractivity contribution is 7.99. The van der Waals surface area contributed by atoms with Gasteiger partial charge < -0.3 is 5.73 Å². The predicted molar refractivity (Wildman–Crippen MR) is 52.9 cm³/mol. The molecule has 1 rings (SSSR count). The molecule has 0 fully saturated rings. The van der Waals surface area contributed by atoms with E-state index in [0.29, 0.717) is 5.92 Å². The highest BCUT2D eigenvalue weighted by atomic mass is 32.2. The Hall–Kier alpha value is -0.540. The summed E-state index contributed by atoms with van der Waals surface area (Å²) in [5.74, 6) is 0.483. The first-order chi connectivity index (χ1) is 5.70. The molecule has 0 saturated carbocycles. The number of aromatic nitrogens is 1. The molecule has 0 saturated heterocycles. The molecule has 12 heavy (non-hydrogen) atoms. The van der Waals surface area contributed by atoms with Gasteiger partial charge in [0.15, 0.2) is 0 Å². The van der Waals surface area contributed by atoms with E-state index in [1.165, 1.54) is 0 Å². The lowest BCUT2D eigenvalue weighted by Gasteiger charge is -2.13. The molecular weight excluding hydrogens is 168 g/mol. The van der Waals surface area contributed by atoms with Gasteiger partial charge in [-0.25, -0.2) is 4.98 Å². The van der Waals surface area contributed by atoms with Crippen molar-refractivity contribution in [1.82, 2.24) is 4.98 Å². The van der Waals surface area contributed by atoms with Crippen molar-refractivity contribution in [3.63, 3.8) is 0 Å². The topological polar surface area (TPSA) is 38.9 Å². The van der Waals surface area contributed by atoms with Gasteiger partial charge in [0, 0.05) is 6.20 Å². The monoisotopic (exact) mass is 182 g/mol. The molecule has 0 amide bonds. The minimum atomic E-state index is 0.139.